The zero-order valence-corrected chi connectivity index (χ0v) is 22.8. The molecule has 3 aliphatic carbocycles. The maximum Gasteiger partial charge on any atom is 0.261 e. The first-order valence-corrected chi connectivity index (χ1v) is 15.7. The lowest BCUT2D eigenvalue weighted by Crippen LogP contribution is -2.68. The van der Waals surface area contributed by atoms with Gasteiger partial charge in [0.15, 0.2) is 0 Å². The molecule has 1 aliphatic heterocycles. The standard InChI is InChI=1S/C30H40O5Si/c1-28(2,3)36(25-12-6-4-7-13-25,26-14-8-5-9-15-26)32-24-11-10-16-29(20-24)33-30(35-34-29)19-22-17-23(21-31)27(30)18-22/h4-9,12-15,22-24,27,31H,10-11,16-21H2,1-3H3/t22-,23+,24-,27-,29+,30+/m1/s1. The SMILES string of the molecule is CC(C)(C)[Si](O[C@@H]1CCC[C@@]2(C1)OO[C@]1(C[C@@H]3C[C@@H](CO)[C@H]1C3)O2)(c1ccccc1)c1ccccc1. The van der Waals surface area contributed by atoms with Crippen molar-refractivity contribution in [3.63, 3.8) is 0 Å². The van der Waals surface area contributed by atoms with Crippen LogP contribution in [0.2, 0.25) is 5.04 Å². The van der Waals surface area contributed by atoms with Gasteiger partial charge in [0.25, 0.3) is 8.32 Å². The lowest BCUT2D eigenvalue weighted by atomic mass is 9.84. The summed E-state index contributed by atoms with van der Waals surface area (Å²) in [4.78, 5) is 12.2. The fourth-order valence-corrected chi connectivity index (χ4v) is 12.5. The monoisotopic (exact) mass is 508 g/mol. The van der Waals surface area contributed by atoms with Crippen LogP contribution in [-0.4, -0.2) is 37.7 Å². The zero-order chi connectivity index (χ0) is 25.0. The van der Waals surface area contributed by atoms with Gasteiger partial charge >= 0.3 is 0 Å². The van der Waals surface area contributed by atoms with Crippen LogP contribution in [0.3, 0.4) is 0 Å². The molecule has 2 bridgehead atoms. The number of benzene rings is 2. The number of rotatable bonds is 5. The van der Waals surface area contributed by atoms with Gasteiger partial charge in [0.2, 0.25) is 11.6 Å². The highest BCUT2D eigenvalue weighted by atomic mass is 28.4. The van der Waals surface area contributed by atoms with E-state index in [0.717, 1.165) is 38.5 Å². The zero-order valence-electron chi connectivity index (χ0n) is 21.8. The largest absolute Gasteiger partial charge is 0.404 e. The molecule has 0 amide bonds. The summed E-state index contributed by atoms with van der Waals surface area (Å²) in [6.07, 6.45) is 6.45. The van der Waals surface area contributed by atoms with Crippen LogP contribution in [0.5, 0.6) is 0 Å². The third-order valence-electron chi connectivity index (χ3n) is 9.24. The first kappa shape index (κ1) is 24.8. The molecule has 1 N–H and O–H groups in total. The van der Waals surface area contributed by atoms with Crippen molar-refractivity contribution >= 4 is 18.7 Å². The van der Waals surface area contributed by atoms with Crippen LogP contribution in [0, 0.1) is 17.8 Å². The fraction of sp³-hybridized carbons (Fsp3) is 0.600. The van der Waals surface area contributed by atoms with E-state index in [-0.39, 0.29) is 29.6 Å². The van der Waals surface area contributed by atoms with Crippen molar-refractivity contribution < 1.29 is 24.0 Å². The van der Waals surface area contributed by atoms with Crippen LogP contribution in [-0.2, 0) is 18.9 Å². The van der Waals surface area contributed by atoms with E-state index in [1.807, 2.05) is 0 Å². The van der Waals surface area contributed by atoms with Gasteiger partial charge in [0.05, 0.1) is 6.10 Å². The average molecular weight is 509 g/mol. The van der Waals surface area contributed by atoms with Crippen molar-refractivity contribution in [3.05, 3.63) is 60.7 Å². The lowest BCUT2D eigenvalue weighted by molar-refractivity contribution is -0.365. The minimum absolute atomic E-state index is 0.0102. The Balaban J connectivity index is 1.31. The van der Waals surface area contributed by atoms with Gasteiger partial charge in [-0.3, -0.25) is 0 Å². The van der Waals surface area contributed by atoms with Gasteiger partial charge in [-0.1, -0.05) is 81.4 Å². The summed E-state index contributed by atoms with van der Waals surface area (Å²) in [7, 11) is -2.66. The highest BCUT2D eigenvalue weighted by Crippen LogP contribution is 2.61. The van der Waals surface area contributed by atoms with Gasteiger partial charge < -0.3 is 14.3 Å². The molecule has 0 radical (unpaired) electrons. The summed E-state index contributed by atoms with van der Waals surface area (Å²) in [5.74, 6) is -0.451. The van der Waals surface area contributed by atoms with E-state index < -0.39 is 19.9 Å². The Kier molecular flexibility index (Phi) is 6.22. The molecule has 194 valence electrons. The highest BCUT2D eigenvalue weighted by molar-refractivity contribution is 6.99. The molecule has 6 atom stereocenters. The first-order chi connectivity index (χ1) is 17.3. The summed E-state index contributed by atoms with van der Waals surface area (Å²) in [6.45, 7) is 7.16. The maximum atomic E-state index is 9.93. The second-order valence-electron chi connectivity index (χ2n) is 12.6. The quantitative estimate of drug-likeness (QED) is 0.459. The molecule has 2 aromatic carbocycles. The number of fused-ring (bicyclic) bond motifs is 3. The van der Waals surface area contributed by atoms with Crippen molar-refractivity contribution in [2.24, 2.45) is 17.8 Å². The van der Waals surface area contributed by atoms with E-state index >= 15 is 0 Å². The van der Waals surface area contributed by atoms with Crippen molar-refractivity contribution in [2.75, 3.05) is 6.61 Å². The summed E-state index contributed by atoms with van der Waals surface area (Å²) in [6, 6.07) is 21.7. The summed E-state index contributed by atoms with van der Waals surface area (Å²) in [5.41, 5.74) is 0. The summed E-state index contributed by atoms with van der Waals surface area (Å²) < 4.78 is 14.3. The summed E-state index contributed by atoms with van der Waals surface area (Å²) >= 11 is 0. The topological polar surface area (TPSA) is 57.2 Å². The van der Waals surface area contributed by atoms with Gasteiger partial charge in [0, 0.05) is 31.8 Å². The number of hydrogen-bond acceptors (Lipinski definition) is 5. The molecule has 1 saturated heterocycles. The molecule has 2 spiro atoms. The van der Waals surface area contributed by atoms with Crippen LogP contribution in [0.25, 0.3) is 0 Å². The second kappa shape index (κ2) is 9.04. The smallest absolute Gasteiger partial charge is 0.261 e. The molecule has 1 heterocycles. The molecule has 3 saturated carbocycles. The van der Waals surface area contributed by atoms with Crippen molar-refractivity contribution in [1.82, 2.24) is 0 Å². The predicted molar refractivity (Wildman–Crippen MR) is 141 cm³/mol. The molecule has 4 aliphatic rings. The van der Waals surface area contributed by atoms with E-state index in [4.69, 9.17) is 18.9 Å². The van der Waals surface area contributed by atoms with Crippen molar-refractivity contribution in [1.29, 1.82) is 0 Å². The van der Waals surface area contributed by atoms with Gasteiger partial charge in [-0.25, -0.2) is 0 Å². The Morgan fingerprint density at radius 3 is 2.19 bits per heavy atom. The Hall–Kier alpha value is -1.54. The van der Waals surface area contributed by atoms with Crippen LogP contribution in [0.1, 0.15) is 65.7 Å². The second-order valence-corrected chi connectivity index (χ2v) is 16.8. The Morgan fingerprint density at radius 1 is 0.944 bits per heavy atom. The third kappa shape index (κ3) is 3.93. The molecule has 0 unspecified atom stereocenters. The van der Waals surface area contributed by atoms with Crippen LogP contribution < -0.4 is 10.4 Å². The number of hydrogen-bond donors (Lipinski definition) is 1. The van der Waals surface area contributed by atoms with Crippen molar-refractivity contribution in [2.45, 2.75) is 88.4 Å². The molecule has 6 rings (SSSR count). The van der Waals surface area contributed by atoms with Crippen LogP contribution >= 0.6 is 0 Å². The normalized spacial score (nSPS) is 36.2. The van der Waals surface area contributed by atoms with Gasteiger partial charge in [-0.05, 0) is 52.9 Å². The van der Waals surface area contributed by atoms with Crippen LogP contribution in [0.4, 0.5) is 0 Å². The van der Waals surface area contributed by atoms with Gasteiger partial charge in [-0.15, -0.1) is 0 Å². The van der Waals surface area contributed by atoms with E-state index in [1.54, 1.807) is 0 Å². The Labute approximate surface area is 216 Å². The fourth-order valence-electron chi connectivity index (χ4n) is 7.77. The van der Waals surface area contributed by atoms with Crippen molar-refractivity contribution in [3.8, 4) is 0 Å². The minimum atomic E-state index is -2.66. The van der Waals surface area contributed by atoms with Gasteiger partial charge in [-0.2, -0.15) is 9.78 Å². The van der Waals surface area contributed by atoms with Gasteiger partial charge in [0.1, 0.15) is 0 Å². The molecular weight excluding hydrogens is 468 g/mol. The highest BCUT2D eigenvalue weighted by Gasteiger charge is 2.66. The molecule has 6 heteroatoms. The van der Waals surface area contributed by atoms with E-state index in [1.165, 1.54) is 10.4 Å². The Bertz CT molecular complexity index is 1020. The minimum Gasteiger partial charge on any atom is -0.404 e. The number of aliphatic hydroxyl groups is 1. The number of aliphatic hydroxyl groups excluding tert-OH is 1. The van der Waals surface area contributed by atoms with E-state index in [0.29, 0.717) is 12.3 Å². The van der Waals surface area contributed by atoms with E-state index in [9.17, 15) is 5.11 Å². The molecule has 0 aromatic heterocycles. The average Bonchev–Trinajstić information content (AvgIpc) is 3.55. The first-order valence-electron chi connectivity index (χ1n) is 13.8. The third-order valence-corrected chi connectivity index (χ3v) is 14.3. The summed E-state index contributed by atoms with van der Waals surface area (Å²) in [5, 5.41) is 12.4. The molecule has 36 heavy (non-hydrogen) atoms. The maximum absolute atomic E-state index is 9.93. The molecule has 5 nitrogen and oxygen atoms in total. The molecular formula is C30H40O5Si. The molecule has 2 aromatic rings. The van der Waals surface area contributed by atoms with E-state index in [2.05, 4.69) is 81.4 Å². The lowest BCUT2D eigenvalue weighted by Gasteiger charge is -2.47. The predicted octanol–water partition coefficient (Wildman–Crippen LogP) is 4.92. The van der Waals surface area contributed by atoms with Crippen LogP contribution in [0.15, 0.2) is 60.7 Å². The number of ether oxygens (including phenoxy) is 1. The molecule has 4 fully saturated rings. The Morgan fingerprint density at radius 2 is 1.61 bits per heavy atom.